The van der Waals surface area contributed by atoms with E-state index in [9.17, 15) is 0 Å². The maximum atomic E-state index is 5.92. The van der Waals surface area contributed by atoms with Gasteiger partial charge in [-0.3, -0.25) is 0 Å². The van der Waals surface area contributed by atoms with Crippen molar-refractivity contribution < 1.29 is 0 Å². The van der Waals surface area contributed by atoms with Crippen molar-refractivity contribution >= 4 is 35.6 Å². The number of rotatable bonds is 3. The van der Waals surface area contributed by atoms with Gasteiger partial charge in [0.25, 0.3) is 0 Å². The minimum absolute atomic E-state index is 0. The molecule has 21 heavy (non-hydrogen) atoms. The fraction of sp³-hybridized carbons (Fsp3) is 0.333. The molecule has 1 aromatic carbocycles. The Labute approximate surface area is 141 Å². The second-order valence-electron chi connectivity index (χ2n) is 5.12. The van der Waals surface area contributed by atoms with Crippen molar-refractivity contribution in [3.63, 3.8) is 0 Å². The number of fused-ring (bicyclic) bond motifs is 1. The molecule has 1 aromatic heterocycles. The van der Waals surface area contributed by atoms with Gasteiger partial charge < -0.3 is 15.6 Å². The third-order valence-electron chi connectivity index (χ3n) is 3.68. The summed E-state index contributed by atoms with van der Waals surface area (Å²) in [5.41, 5.74) is 9.81. The van der Waals surface area contributed by atoms with Crippen LogP contribution in [0.4, 0.5) is 5.69 Å². The van der Waals surface area contributed by atoms with Gasteiger partial charge in [0, 0.05) is 25.1 Å². The Morgan fingerprint density at radius 1 is 1.38 bits per heavy atom. The zero-order chi connectivity index (χ0) is 13.9. The van der Waals surface area contributed by atoms with Crippen LogP contribution in [0.5, 0.6) is 0 Å². The van der Waals surface area contributed by atoms with Crippen LogP contribution in [0.2, 0.25) is 0 Å². The van der Waals surface area contributed by atoms with Crippen LogP contribution in [-0.2, 0) is 26.4 Å². The highest BCUT2D eigenvalue weighted by Crippen LogP contribution is 2.24. The third kappa shape index (κ3) is 3.75. The van der Waals surface area contributed by atoms with Gasteiger partial charge >= 0.3 is 0 Å². The first-order valence-corrected chi connectivity index (χ1v) is 6.87. The van der Waals surface area contributed by atoms with E-state index in [1.54, 1.807) is 6.20 Å². The lowest BCUT2D eigenvalue weighted by molar-refractivity contribution is 0.793. The number of hydrogen-bond acceptors (Lipinski definition) is 2. The Balaban J connectivity index is 0.00000161. The summed E-state index contributed by atoms with van der Waals surface area (Å²) in [4.78, 5) is 8.53. The molecule has 1 aliphatic carbocycles. The van der Waals surface area contributed by atoms with Gasteiger partial charge in [0.1, 0.15) is 12.4 Å². The molecule has 0 saturated carbocycles. The predicted molar refractivity (Wildman–Crippen MR) is 96.0 cm³/mol. The Hall–Kier alpha value is -1.57. The lowest BCUT2D eigenvalue weighted by Crippen LogP contribution is -2.22. The summed E-state index contributed by atoms with van der Waals surface area (Å²) in [6.45, 7) is 0.479. The van der Waals surface area contributed by atoms with E-state index in [4.69, 9.17) is 5.73 Å². The molecule has 0 fully saturated rings. The molecule has 0 atom stereocenters. The minimum Gasteiger partial charge on any atom is -0.370 e. The van der Waals surface area contributed by atoms with E-state index in [0.29, 0.717) is 12.5 Å². The van der Waals surface area contributed by atoms with E-state index in [0.717, 1.165) is 17.9 Å². The number of anilines is 1. The van der Waals surface area contributed by atoms with Crippen molar-refractivity contribution in [2.24, 2.45) is 17.8 Å². The van der Waals surface area contributed by atoms with Crippen LogP contribution in [0.15, 0.2) is 35.6 Å². The zero-order valence-electron chi connectivity index (χ0n) is 12.0. The van der Waals surface area contributed by atoms with E-state index in [1.807, 2.05) is 17.8 Å². The van der Waals surface area contributed by atoms with Crippen molar-refractivity contribution in [2.75, 3.05) is 5.32 Å². The molecule has 3 N–H and O–H groups in total. The Kier molecular flexibility index (Phi) is 5.22. The number of nitrogens with zero attached hydrogens (tertiary/aromatic N) is 3. The molecule has 5 nitrogen and oxygen atoms in total. The van der Waals surface area contributed by atoms with Gasteiger partial charge in [-0.1, -0.05) is 6.07 Å². The first-order chi connectivity index (χ1) is 9.72. The van der Waals surface area contributed by atoms with Gasteiger partial charge in [-0.2, -0.15) is 0 Å². The highest BCUT2D eigenvalue weighted by molar-refractivity contribution is 14.0. The van der Waals surface area contributed by atoms with Gasteiger partial charge in [-0.05, 0) is 42.5 Å². The summed E-state index contributed by atoms with van der Waals surface area (Å²) in [6, 6.07) is 6.41. The molecule has 0 spiro atoms. The summed E-state index contributed by atoms with van der Waals surface area (Å²) in [5.74, 6) is 1.31. The highest BCUT2D eigenvalue weighted by Gasteiger charge is 2.10. The molecule has 0 aliphatic heterocycles. The number of aromatic nitrogens is 2. The van der Waals surface area contributed by atoms with Crippen molar-refractivity contribution in [1.82, 2.24) is 9.55 Å². The SMILES string of the molecule is Cn1ccnc1CN=C(N)Nc1ccc2c(c1)CCC2.I. The molecule has 112 valence electrons. The lowest BCUT2D eigenvalue weighted by Gasteiger charge is -2.08. The lowest BCUT2D eigenvalue weighted by atomic mass is 10.1. The third-order valence-corrected chi connectivity index (χ3v) is 3.68. The van der Waals surface area contributed by atoms with Crippen LogP contribution >= 0.6 is 24.0 Å². The summed E-state index contributed by atoms with van der Waals surface area (Å²) in [7, 11) is 1.95. The van der Waals surface area contributed by atoms with Crippen molar-refractivity contribution in [2.45, 2.75) is 25.8 Å². The van der Waals surface area contributed by atoms with Crippen molar-refractivity contribution in [3.8, 4) is 0 Å². The average Bonchev–Trinajstić information content (AvgIpc) is 3.04. The molecule has 2 aromatic rings. The minimum atomic E-state index is 0. The molecule has 3 rings (SSSR count). The molecule has 0 unspecified atom stereocenters. The van der Waals surface area contributed by atoms with Crippen LogP contribution in [0.25, 0.3) is 0 Å². The van der Waals surface area contributed by atoms with E-state index in [1.165, 1.54) is 24.0 Å². The fourth-order valence-electron chi connectivity index (χ4n) is 2.54. The number of nitrogens with one attached hydrogen (secondary N) is 1. The molecular weight excluding hydrogens is 377 g/mol. The Morgan fingerprint density at radius 2 is 2.19 bits per heavy atom. The van der Waals surface area contributed by atoms with Crippen LogP contribution in [-0.4, -0.2) is 15.5 Å². The summed E-state index contributed by atoms with van der Waals surface area (Å²) < 4.78 is 1.94. The number of aliphatic imine (C=N–C) groups is 1. The van der Waals surface area contributed by atoms with Gasteiger partial charge in [0.2, 0.25) is 0 Å². The van der Waals surface area contributed by atoms with Crippen LogP contribution in [0.1, 0.15) is 23.4 Å². The van der Waals surface area contributed by atoms with Gasteiger partial charge in [-0.25, -0.2) is 9.98 Å². The van der Waals surface area contributed by atoms with E-state index in [-0.39, 0.29) is 24.0 Å². The standard InChI is InChI=1S/C15H19N5.HI/c1-20-8-7-17-14(20)10-18-15(16)19-13-6-5-11-3-2-4-12(11)9-13;/h5-9H,2-4,10H2,1H3,(H3,16,18,19);1H. The van der Waals surface area contributed by atoms with Gasteiger partial charge in [0.15, 0.2) is 5.96 Å². The van der Waals surface area contributed by atoms with E-state index in [2.05, 4.69) is 33.5 Å². The number of nitrogens with two attached hydrogens (primary N) is 1. The largest absolute Gasteiger partial charge is 0.370 e. The molecule has 0 saturated heterocycles. The first kappa shape index (κ1) is 15.8. The second-order valence-corrected chi connectivity index (χ2v) is 5.12. The van der Waals surface area contributed by atoms with Gasteiger partial charge in [-0.15, -0.1) is 24.0 Å². The number of aryl methyl sites for hydroxylation is 3. The number of halogens is 1. The molecule has 0 bridgehead atoms. The summed E-state index contributed by atoms with van der Waals surface area (Å²) in [5, 5.41) is 3.14. The Bertz CT molecular complexity index is 647. The van der Waals surface area contributed by atoms with Crippen molar-refractivity contribution in [3.05, 3.63) is 47.5 Å². The maximum absolute atomic E-state index is 5.92. The molecule has 0 radical (unpaired) electrons. The normalized spacial score (nSPS) is 13.7. The molecular formula is C15H20IN5. The molecule has 0 amide bonds. The van der Waals surface area contributed by atoms with Gasteiger partial charge in [0.05, 0.1) is 0 Å². The Morgan fingerprint density at radius 3 is 2.95 bits per heavy atom. The predicted octanol–water partition coefficient (Wildman–Crippen LogP) is 2.45. The molecule has 1 aliphatic rings. The molecule has 1 heterocycles. The zero-order valence-corrected chi connectivity index (χ0v) is 14.4. The second kappa shape index (κ2) is 6.93. The smallest absolute Gasteiger partial charge is 0.193 e. The quantitative estimate of drug-likeness (QED) is 0.475. The highest BCUT2D eigenvalue weighted by atomic mass is 127. The number of imidazole rings is 1. The maximum Gasteiger partial charge on any atom is 0.193 e. The van der Waals surface area contributed by atoms with E-state index < -0.39 is 0 Å². The summed E-state index contributed by atoms with van der Waals surface area (Å²) >= 11 is 0. The van der Waals surface area contributed by atoms with Crippen LogP contribution in [0, 0.1) is 0 Å². The first-order valence-electron chi connectivity index (χ1n) is 6.87. The number of benzene rings is 1. The van der Waals surface area contributed by atoms with Crippen LogP contribution < -0.4 is 11.1 Å². The number of hydrogen-bond donors (Lipinski definition) is 2. The topological polar surface area (TPSA) is 68.2 Å². The molecule has 6 heteroatoms. The average molecular weight is 397 g/mol. The van der Waals surface area contributed by atoms with Crippen molar-refractivity contribution in [1.29, 1.82) is 0 Å². The summed E-state index contributed by atoms with van der Waals surface area (Å²) in [6.07, 6.45) is 7.26. The van der Waals surface area contributed by atoms with Crippen LogP contribution in [0.3, 0.4) is 0 Å². The van der Waals surface area contributed by atoms with E-state index >= 15 is 0 Å². The fourth-order valence-corrected chi connectivity index (χ4v) is 2.54. The number of guanidine groups is 1. The monoisotopic (exact) mass is 397 g/mol.